The molecule has 1 aromatic carbocycles. The lowest BCUT2D eigenvalue weighted by atomic mass is 10.1. The van der Waals surface area contributed by atoms with Crippen LogP contribution in [0.5, 0.6) is 17.2 Å². The van der Waals surface area contributed by atoms with E-state index in [0.29, 0.717) is 23.7 Å². The Bertz CT molecular complexity index is 931. The van der Waals surface area contributed by atoms with E-state index in [-0.39, 0.29) is 16.9 Å². The van der Waals surface area contributed by atoms with Crippen LogP contribution in [0.4, 0.5) is 0 Å². The largest absolute Gasteiger partial charge is 0.501 e. The van der Waals surface area contributed by atoms with Crippen molar-refractivity contribution in [2.75, 3.05) is 13.7 Å². The molecule has 0 aliphatic rings. The molecule has 2 aromatic heterocycles. The molecule has 0 aliphatic carbocycles. The van der Waals surface area contributed by atoms with Crippen LogP contribution in [0.2, 0.25) is 0 Å². The highest BCUT2D eigenvalue weighted by molar-refractivity contribution is 5.79. The average Bonchev–Trinajstić information content (AvgIpc) is 2.65. The van der Waals surface area contributed by atoms with E-state index in [0.717, 1.165) is 12.8 Å². The van der Waals surface area contributed by atoms with Crippen LogP contribution < -0.4 is 14.9 Å². The van der Waals surface area contributed by atoms with Crippen molar-refractivity contribution in [2.45, 2.75) is 19.8 Å². The topological polar surface area (TPSA) is 81.8 Å². The quantitative estimate of drug-likeness (QED) is 0.688. The lowest BCUT2D eigenvalue weighted by Gasteiger charge is -2.08. The minimum atomic E-state index is -0.577. The third kappa shape index (κ3) is 3.42. The smallest absolute Gasteiger partial charge is 0.253 e. The summed E-state index contributed by atoms with van der Waals surface area (Å²) in [7, 11) is 1.56. The molecule has 0 unspecified atom stereocenters. The summed E-state index contributed by atoms with van der Waals surface area (Å²) < 4.78 is 16.5. The summed E-state index contributed by atoms with van der Waals surface area (Å²) in [6.07, 6.45) is 3.40. The predicted octanol–water partition coefficient (Wildman–Crippen LogP) is 3.75. The molecule has 0 bridgehead atoms. The second kappa shape index (κ2) is 7.25. The van der Waals surface area contributed by atoms with Gasteiger partial charge in [0, 0.05) is 11.6 Å². The SMILES string of the molecule is CCCCOc1cnc2c(=O)c(O)c(-c3ccc(OC)cc3)oc2c1. The van der Waals surface area contributed by atoms with Crippen LogP contribution in [-0.4, -0.2) is 23.8 Å². The number of benzene rings is 1. The fraction of sp³-hybridized carbons (Fsp3) is 0.263. The first kappa shape index (κ1) is 16.8. The Morgan fingerprint density at radius 1 is 1.20 bits per heavy atom. The van der Waals surface area contributed by atoms with Crippen LogP contribution >= 0.6 is 0 Å². The summed E-state index contributed by atoms with van der Waals surface area (Å²) in [4.78, 5) is 16.5. The van der Waals surface area contributed by atoms with Gasteiger partial charge in [-0.05, 0) is 30.7 Å². The number of rotatable bonds is 6. The van der Waals surface area contributed by atoms with Gasteiger partial charge in [-0.15, -0.1) is 0 Å². The summed E-state index contributed by atoms with van der Waals surface area (Å²) in [6.45, 7) is 2.64. The molecule has 0 spiro atoms. The maximum Gasteiger partial charge on any atom is 0.253 e. The monoisotopic (exact) mass is 341 g/mol. The highest BCUT2D eigenvalue weighted by Gasteiger charge is 2.17. The van der Waals surface area contributed by atoms with E-state index in [9.17, 15) is 9.90 Å². The predicted molar refractivity (Wildman–Crippen MR) is 94.3 cm³/mol. The van der Waals surface area contributed by atoms with Gasteiger partial charge in [-0.25, -0.2) is 4.98 Å². The molecule has 0 atom stereocenters. The number of unbranched alkanes of at least 4 members (excludes halogenated alkanes) is 1. The zero-order valence-electron chi connectivity index (χ0n) is 14.1. The molecule has 2 heterocycles. The van der Waals surface area contributed by atoms with Crippen LogP contribution in [0.25, 0.3) is 22.4 Å². The Labute approximate surface area is 144 Å². The number of fused-ring (bicyclic) bond motifs is 1. The molecule has 6 heteroatoms. The van der Waals surface area contributed by atoms with E-state index in [4.69, 9.17) is 13.9 Å². The lowest BCUT2D eigenvalue weighted by Crippen LogP contribution is -2.05. The van der Waals surface area contributed by atoms with Crippen molar-refractivity contribution in [1.29, 1.82) is 0 Å². The number of ether oxygens (including phenoxy) is 2. The van der Waals surface area contributed by atoms with Gasteiger partial charge in [-0.2, -0.15) is 0 Å². The van der Waals surface area contributed by atoms with Crippen molar-refractivity contribution in [2.24, 2.45) is 0 Å². The molecule has 0 radical (unpaired) electrons. The van der Waals surface area contributed by atoms with Gasteiger partial charge in [0.15, 0.2) is 16.9 Å². The van der Waals surface area contributed by atoms with Gasteiger partial charge in [-0.1, -0.05) is 13.3 Å². The minimum absolute atomic E-state index is 0.0672. The molecule has 3 rings (SSSR count). The Balaban J connectivity index is 2.05. The van der Waals surface area contributed by atoms with Gasteiger partial charge in [0.1, 0.15) is 11.5 Å². The van der Waals surface area contributed by atoms with Gasteiger partial charge >= 0.3 is 0 Å². The highest BCUT2D eigenvalue weighted by Crippen LogP contribution is 2.31. The van der Waals surface area contributed by atoms with Crippen molar-refractivity contribution >= 4 is 11.1 Å². The molecule has 3 aromatic rings. The first-order chi connectivity index (χ1) is 12.1. The summed E-state index contributed by atoms with van der Waals surface area (Å²) >= 11 is 0. The van der Waals surface area contributed by atoms with Crippen LogP contribution in [0.1, 0.15) is 19.8 Å². The molecule has 0 saturated carbocycles. The highest BCUT2D eigenvalue weighted by atomic mass is 16.5. The number of nitrogens with zero attached hydrogens (tertiary/aromatic N) is 1. The van der Waals surface area contributed by atoms with E-state index < -0.39 is 11.2 Å². The van der Waals surface area contributed by atoms with Crippen molar-refractivity contribution in [3.05, 3.63) is 46.8 Å². The van der Waals surface area contributed by atoms with Gasteiger partial charge in [0.05, 0.1) is 19.9 Å². The minimum Gasteiger partial charge on any atom is -0.501 e. The zero-order valence-corrected chi connectivity index (χ0v) is 14.1. The third-order valence-electron chi connectivity index (χ3n) is 3.80. The van der Waals surface area contributed by atoms with Gasteiger partial charge in [-0.3, -0.25) is 4.79 Å². The number of pyridine rings is 1. The van der Waals surface area contributed by atoms with Crippen molar-refractivity contribution in [1.82, 2.24) is 4.98 Å². The van der Waals surface area contributed by atoms with Gasteiger partial charge in [0.2, 0.25) is 5.75 Å². The van der Waals surface area contributed by atoms with E-state index >= 15 is 0 Å². The Morgan fingerprint density at radius 3 is 2.64 bits per heavy atom. The molecular formula is C19H19NO5. The molecule has 0 amide bonds. The summed E-state index contributed by atoms with van der Waals surface area (Å²) in [6, 6.07) is 8.48. The fourth-order valence-corrected chi connectivity index (χ4v) is 2.40. The number of aromatic nitrogens is 1. The second-order valence-corrected chi connectivity index (χ2v) is 5.56. The molecule has 25 heavy (non-hydrogen) atoms. The van der Waals surface area contributed by atoms with Gasteiger partial charge in [0.25, 0.3) is 5.43 Å². The number of hydrogen-bond donors (Lipinski definition) is 1. The number of hydrogen-bond acceptors (Lipinski definition) is 6. The van der Waals surface area contributed by atoms with E-state index in [2.05, 4.69) is 11.9 Å². The zero-order chi connectivity index (χ0) is 17.8. The third-order valence-corrected chi connectivity index (χ3v) is 3.80. The summed E-state index contributed by atoms with van der Waals surface area (Å²) in [5, 5.41) is 10.2. The summed E-state index contributed by atoms with van der Waals surface area (Å²) in [5.41, 5.74) is 0.321. The maximum absolute atomic E-state index is 12.4. The molecule has 130 valence electrons. The van der Waals surface area contributed by atoms with Crippen LogP contribution in [0, 0.1) is 0 Å². The number of methoxy groups -OCH3 is 1. The van der Waals surface area contributed by atoms with Crippen molar-refractivity contribution < 1.29 is 19.0 Å². The van der Waals surface area contributed by atoms with E-state index in [1.54, 1.807) is 37.4 Å². The van der Waals surface area contributed by atoms with Crippen LogP contribution in [0.3, 0.4) is 0 Å². The molecule has 0 fully saturated rings. The molecule has 0 aliphatic heterocycles. The molecule has 0 saturated heterocycles. The Hall–Kier alpha value is -3.02. The molecular weight excluding hydrogens is 322 g/mol. The van der Waals surface area contributed by atoms with Crippen molar-refractivity contribution in [3.8, 4) is 28.6 Å². The standard InChI is InChI=1S/C19H19NO5/c1-3-4-9-24-14-10-15-16(20-11-14)17(21)18(22)19(25-15)12-5-7-13(23-2)8-6-12/h5-8,10-11,22H,3-4,9H2,1-2H3. The second-order valence-electron chi connectivity index (χ2n) is 5.56. The molecule has 6 nitrogen and oxygen atoms in total. The molecule has 1 N–H and O–H groups in total. The Kier molecular flexibility index (Phi) is 4.88. The fourth-order valence-electron chi connectivity index (χ4n) is 2.40. The Morgan fingerprint density at radius 2 is 1.96 bits per heavy atom. The van der Waals surface area contributed by atoms with E-state index in [1.807, 2.05) is 0 Å². The maximum atomic E-state index is 12.4. The summed E-state index contributed by atoms with van der Waals surface area (Å²) in [5.74, 6) is 0.813. The first-order valence-corrected chi connectivity index (χ1v) is 8.07. The number of aromatic hydroxyl groups is 1. The normalized spacial score (nSPS) is 10.8. The van der Waals surface area contributed by atoms with Crippen LogP contribution in [0.15, 0.2) is 45.7 Å². The van der Waals surface area contributed by atoms with Crippen molar-refractivity contribution in [3.63, 3.8) is 0 Å². The average molecular weight is 341 g/mol. The van der Waals surface area contributed by atoms with Gasteiger partial charge < -0.3 is 19.0 Å². The first-order valence-electron chi connectivity index (χ1n) is 8.07. The lowest BCUT2D eigenvalue weighted by molar-refractivity contribution is 0.308. The van der Waals surface area contributed by atoms with Crippen LogP contribution in [-0.2, 0) is 0 Å². The van der Waals surface area contributed by atoms with E-state index in [1.165, 1.54) is 6.20 Å².